The Kier molecular flexibility index (Phi) is 10.8. The zero-order chi connectivity index (χ0) is 4.99. The molecule has 0 aromatic heterocycles. The minimum absolute atomic E-state index is 0. The second kappa shape index (κ2) is 6.94. The molecule has 0 aromatic rings. The first kappa shape index (κ1) is 10.8. The molecule has 3 nitrogen and oxygen atoms in total. The largest absolute Gasteiger partial charge is 1.00 e. The van der Waals surface area contributed by atoms with Crippen molar-refractivity contribution in [1.82, 2.24) is 0 Å². The molecule has 0 amide bonds. The monoisotopic (exact) mass is 114 g/mol. The summed E-state index contributed by atoms with van der Waals surface area (Å²) < 4.78 is 4.15. The van der Waals surface area contributed by atoms with Gasteiger partial charge in [-0.2, -0.15) is 0 Å². The van der Waals surface area contributed by atoms with Gasteiger partial charge in [-0.3, -0.25) is 0 Å². The molecule has 0 aliphatic rings. The molecule has 0 spiro atoms. The van der Waals surface area contributed by atoms with Gasteiger partial charge < -0.3 is 16.1 Å². The summed E-state index contributed by atoms with van der Waals surface area (Å²) in [7, 11) is -1.60. The van der Waals surface area contributed by atoms with Gasteiger partial charge in [0.1, 0.15) is 0 Å². The van der Waals surface area contributed by atoms with Gasteiger partial charge in [0.25, 0.3) is 0 Å². The summed E-state index contributed by atoms with van der Waals surface area (Å²) in [5.41, 5.74) is 0. The van der Waals surface area contributed by atoms with Crippen LogP contribution in [0.25, 0.3) is 0 Å². The predicted molar refractivity (Wildman–Crippen MR) is 22.9 cm³/mol. The van der Waals surface area contributed by atoms with Crippen LogP contribution in [0.15, 0.2) is 0 Å². The zero-order valence-electron chi connectivity index (χ0n) is 5.59. The second-order valence-electron chi connectivity index (χ2n) is 0.782. The van der Waals surface area contributed by atoms with E-state index in [1.165, 1.54) is 0 Å². The van der Waals surface area contributed by atoms with Crippen LogP contribution in [0.1, 0.15) is 8.35 Å². The molecule has 0 radical (unpaired) electrons. The summed E-state index contributed by atoms with van der Waals surface area (Å²) in [5.74, 6) is 0. The van der Waals surface area contributed by atoms with E-state index >= 15 is 0 Å². The minimum atomic E-state index is -1.60. The van der Waals surface area contributed by atoms with Crippen LogP contribution in [-0.2, 0) is 4.65 Å². The van der Waals surface area contributed by atoms with E-state index in [0.717, 1.165) is 0 Å². The molecule has 0 aromatic carbocycles. The van der Waals surface area contributed by atoms with E-state index in [9.17, 15) is 0 Å². The molecule has 0 aliphatic carbocycles. The van der Waals surface area contributed by atoms with Crippen molar-refractivity contribution in [2.24, 2.45) is 0 Å². The predicted octanol–water partition coefficient (Wildman–Crippen LogP) is -3.89. The normalized spacial score (nSPS) is 7.29. The molecule has 0 unspecified atom stereocenters. The minimum Gasteiger partial charge on any atom is -1.00 e. The number of hydrogen-bond acceptors (Lipinski definition) is 3. The molecule has 2 N–H and O–H groups in total. The topological polar surface area (TPSA) is 49.7 Å². The van der Waals surface area contributed by atoms with Gasteiger partial charge in [-0.15, -0.1) is 0 Å². The van der Waals surface area contributed by atoms with Crippen LogP contribution in [0.3, 0.4) is 0 Å². The molecule has 0 saturated carbocycles. The summed E-state index contributed by atoms with van der Waals surface area (Å²) >= 11 is 0. The first-order chi connectivity index (χ1) is 2.77. The maximum absolute atomic E-state index is 7.89. The Hall–Kier alpha value is 0.945. The Morgan fingerprint density at radius 3 is 2.14 bits per heavy atom. The van der Waals surface area contributed by atoms with Crippen molar-refractivity contribution in [3.05, 3.63) is 0 Å². The van der Waals surface area contributed by atoms with Crippen LogP contribution in [0.5, 0.6) is 0 Å². The maximum Gasteiger partial charge on any atom is 1.00 e. The van der Waals surface area contributed by atoms with Gasteiger partial charge in [0.05, 0.1) is 0 Å². The van der Waals surface area contributed by atoms with Gasteiger partial charge in [-0.05, 0) is 6.92 Å². The van der Waals surface area contributed by atoms with Gasteiger partial charge in [-0.1, -0.05) is 0 Å². The van der Waals surface area contributed by atoms with Crippen molar-refractivity contribution >= 4 is 7.32 Å². The van der Waals surface area contributed by atoms with Crippen molar-refractivity contribution < 1.29 is 45.7 Å². The van der Waals surface area contributed by atoms with Crippen LogP contribution < -0.4 is 29.6 Å². The number of rotatable bonds is 2. The van der Waals surface area contributed by atoms with Crippen molar-refractivity contribution in [2.45, 2.75) is 6.92 Å². The zero-order valence-corrected chi connectivity index (χ0v) is 6.59. The molecule has 38 valence electrons. The van der Waals surface area contributed by atoms with Gasteiger partial charge in [0.15, 0.2) is 0 Å². The first-order valence-electron chi connectivity index (χ1n) is 1.75. The van der Waals surface area contributed by atoms with E-state index < -0.39 is 7.32 Å². The molecule has 0 aliphatic heterocycles. The molecule has 0 fully saturated rings. The fraction of sp³-hybridized carbons (Fsp3) is 1.00. The third-order valence-corrected chi connectivity index (χ3v) is 0.316. The maximum atomic E-state index is 7.89. The molecule has 0 atom stereocenters. The van der Waals surface area contributed by atoms with E-state index in [1.54, 1.807) is 6.92 Å². The van der Waals surface area contributed by atoms with E-state index in [0.29, 0.717) is 6.61 Å². The van der Waals surface area contributed by atoms with Crippen LogP contribution in [0, 0.1) is 0 Å². The van der Waals surface area contributed by atoms with Crippen LogP contribution in [-0.4, -0.2) is 24.0 Å². The van der Waals surface area contributed by atoms with Gasteiger partial charge in [0.2, 0.25) is 0 Å². The molecular formula is C2H8BNaO3. The summed E-state index contributed by atoms with van der Waals surface area (Å²) in [6.45, 7) is 2.01. The molecule has 0 saturated heterocycles. The summed E-state index contributed by atoms with van der Waals surface area (Å²) in [6.07, 6.45) is 0. The van der Waals surface area contributed by atoms with E-state index in [2.05, 4.69) is 4.65 Å². The third-order valence-electron chi connectivity index (χ3n) is 0.316. The summed E-state index contributed by atoms with van der Waals surface area (Å²) in [6, 6.07) is 0. The number of hydrogen-bond donors (Lipinski definition) is 2. The average Bonchev–Trinajstić information content (AvgIpc) is 1.35. The van der Waals surface area contributed by atoms with Gasteiger partial charge >= 0.3 is 36.9 Å². The van der Waals surface area contributed by atoms with Crippen molar-refractivity contribution in [1.29, 1.82) is 0 Å². The van der Waals surface area contributed by atoms with Crippen LogP contribution >= 0.6 is 0 Å². The molecule has 5 heteroatoms. The standard InChI is InChI=1S/C2H7BO3.Na.H/c1-2-6-3(4)5;;/h4-5H,2H2,1H3;;/q;+1;-1. The Morgan fingerprint density at radius 2 is 2.14 bits per heavy atom. The van der Waals surface area contributed by atoms with E-state index in [1.807, 2.05) is 0 Å². The average molecular weight is 114 g/mol. The summed E-state index contributed by atoms with van der Waals surface area (Å²) in [4.78, 5) is 0. The van der Waals surface area contributed by atoms with Crippen LogP contribution in [0.2, 0.25) is 0 Å². The van der Waals surface area contributed by atoms with Crippen molar-refractivity contribution in [2.75, 3.05) is 6.61 Å². The SMILES string of the molecule is CCOB(O)O.[H-].[Na+]. The molecule has 7 heavy (non-hydrogen) atoms. The van der Waals surface area contributed by atoms with E-state index in [4.69, 9.17) is 10.0 Å². The Balaban J connectivity index is -0.000000125. The van der Waals surface area contributed by atoms with Gasteiger partial charge in [-0.25, -0.2) is 0 Å². The Labute approximate surface area is 66.6 Å². The summed E-state index contributed by atoms with van der Waals surface area (Å²) in [5, 5.41) is 15.8. The Bertz CT molecular complexity index is 38.5. The quantitative estimate of drug-likeness (QED) is 0.361. The fourth-order valence-corrected chi connectivity index (χ4v) is 0.149. The Morgan fingerprint density at radius 1 is 1.71 bits per heavy atom. The molecule has 0 rings (SSSR count). The second-order valence-corrected chi connectivity index (χ2v) is 0.782. The first-order valence-corrected chi connectivity index (χ1v) is 1.75. The van der Waals surface area contributed by atoms with E-state index in [-0.39, 0.29) is 31.0 Å². The molecule has 0 bridgehead atoms. The fourth-order valence-electron chi connectivity index (χ4n) is 0.149. The van der Waals surface area contributed by atoms with Crippen LogP contribution in [0.4, 0.5) is 0 Å². The smallest absolute Gasteiger partial charge is 1.00 e. The molecule has 0 heterocycles. The van der Waals surface area contributed by atoms with Crippen molar-refractivity contribution in [3.8, 4) is 0 Å². The third kappa shape index (κ3) is 10.9. The molecular weight excluding hydrogens is 106 g/mol. The van der Waals surface area contributed by atoms with Crippen molar-refractivity contribution in [3.63, 3.8) is 0 Å². The van der Waals surface area contributed by atoms with Gasteiger partial charge in [0, 0.05) is 6.61 Å².